The molecule has 1 aromatic heterocycles. The first kappa shape index (κ1) is 18.3. The van der Waals surface area contributed by atoms with Crippen molar-refractivity contribution in [3.8, 4) is 11.4 Å². The number of carbonyl (C=O) groups excluding carboxylic acids is 1. The number of hydrogen-bond acceptors (Lipinski definition) is 4. The van der Waals surface area contributed by atoms with Crippen molar-refractivity contribution in [2.75, 3.05) is 5.32 Å². The summed E-state index contributed by atoms with van der Waals surface area (Å²) in [6.07, 6.45) is -0.118. The van der Waals surface area contributed by atoms with Crippen LogP contribution in [-0.4, -0.2) is 20.8 Å². The number of nitro groups is 1. The summed E-state index contributed by atoms with van der Waals surface area (Å²) in [5.74, 6) is -0.211. The molecule has 0 radical (unpaired) electrons. The molecule has 0 bridgehead atoms. The molecule has 0 aliphatic carbocycles. The van der Waals surface area contributed by atoms with Gasteiger partial charge in [0.2, 0.25) is 5.91 Å². The third-order valence-corrected chi connectivity index (χ3v) is 4.40. The lowest BCUT2D eigenvalue weighted by Gasteiger charge is -2.06. The van der Waals surface area contributed by atoms with E-state index in [9.17, 15) is 19.3 Å². The highest BCUT2D eigenvalue weighted by Gasteiger charge is 2.16. The summed E-state index contributed by atoms with van der Waals surface area (Å²) in [5.41, 5.74) is 2.73. The van der Waals surface area contributed by atoms with Gasteiger partial charge >= 0.3 is 0 Å². The molecule has 0 fully saturated rings. The van der Waals surface area contributed by atoms with Gasteiger partial charge in [-0.15, -0.1) is 0 Å². The van der Waals surface area contributed by atoms with E-state index in [4.69, 9.17) is 0 Å². The summed E-state index contributed by atoms with van der Waals surface area (Å²) in [6.45, 7) is 0. The highest BCUT2D eigenvalue weighted by atomic mass is 19.1. The standard InChI is InChI=1S/C21H15FN4O3/c22-15-6-3-5-14(10-15)21-24-17-9-8-16(12-18(17)25-21)23-20(27)11-13-4-1-2-7-19(13)26(28)29/h1-10,12H,11H2,(H,23,27)(H,24,25). The SMILES string of the molecule is O=C(Cc1ccccc1[N+](=O)[O-])Nc1ccc2nc(-c3cccc(F)c3)[nH]c2c1. The Morgan fingerprint density at radius 2 is 1.93 bits per heavy atom. The number of carbonyl (C=O) groups is 1. The minimum Gasteiger partial charge on any atom is -0.338 e. The molecule has 2 N–H and O–H groups in total. The minimum atomic E-state index is -0.507. The molecule has 0 aliphatic rings. The Bertz CT molecular complexity index is 1240. The van der Waals surface area contributed by atoms with E-state index in [1.165, 1.54) is 18.2 Å². The second-order valence-electron chi connectivity index (χ2n) is 6.44. The average Bonchev–Trinajstić information content (AvgIpc) is 3.11. The van der Waals surface area contributed by atoms with E-state index < -0.39 is 4.92 Å². The maximum Gasteiger partial charge on any atom is 0.273 e. The molecule has 0 aliphatic heterocycles. The molecule has 0 spiro atoms. The van der Waals surface area contributed by atoms with Crippen molar-refractivity contribution in [3.63, 3.8) is 0 Å². The first-order valence-corrected chi connectivity index (χ1v) is 8.77. The maximum absolute atomic E-state index is 13.4. The smallest absolute Gasteiger partial charge is 0.273 e. The number of benzene rings is 3. The second kappa shape index (κ2) is 7.51. The van der Waals surface area contributed by atoms with Crippen LogP contribution < -0.4 is 5.32 Å². The fraction of sp³-hybridized carbons (Fsp3) is 0.0476. The lowest BCUT2D eigenvalue weighted by atomic mass is 10.1. The van der Waals surface area contributed by atoms with Gasteiger partial charge in [-0.05, 0) is 30.3 Å². The zero-order chi connectivity index (χ0) is 20.4. The molecule has 0 saturated heterocycles. The van der Waals surface area contributed by atoms with E-state index in [-0.39, 0.29) is 23.8 Å². The zero-order valence-corrected chi connectivity index (χ0v) is 15.1. The first-order valence-electron chi connectivity index (χ1n) is 8.77. The summed E-state index contributed by atoms with van der Waals surface area (Å²) < 4.78 is 13.4. The molecule has 0 atom stereocenters. The highest BCUT2D eigenvalue weighted by molar-refractivity contribution is 5.95. The van der Waals surface area contributed by atoms with Crippen LogP contribution in [0.3, 0.4) is 0 Å². The average molecular weight is 390 g/mol. The van der Waals surface area contributed by atoms with Crippen molar-refractivity contribution in [1.29, 1.82) is 0 Å². The van der Waals surface area contributed by atoms with E-state index in [1.54, 1.807) is 48.5 Å². The van der Waals surface area contributed by atoms with Crippen LogP contribution in [0.5, 0.6) is 0 Å². The third kappa shape index (κ3) is 3.96. The quantitative estimate of drug-likeness (QED) is 0.388. The molecule has 144 valence electrons. The Morgan fingerprint density at radius 3 is 2.72 bits per heavy atom. The van der Waals surface area contributed by atoms with Crippen molar-refractivity contribution < 1.29 is 14.1 Å². The molecule has 29 heavy (non-hydrogen) atoms. The summed E-state index contributed by atoms with van der Waals surface area (Å²) in [5, 5.41) is 13.8. The molecule has 7 nitrogen and oxygen atoms in total. The van der Waals surface area contributed by atoms with E-state index >= 15 is 0 Å². The van der Waals surface area contributed by atoms with Crippen molar-refractivity contribution in [1.82, 2.24) is 9.97 Å². The molecule has 0 unspecified atom stereocenters. The minimum absolute atomic E-state index is 0.0913. The Labute approximate surface area is 164 Å². The van der Waals surface area contributed by atoms with Crippen LogP contribution in [0.1, 0.15) is 5.56 Å². The van der Waals surface area contributed by atoms with Crippen molar-refractivity contribution in [2.24, 2.45) is 0 Å². The number of nitrogens with one attached hydrogen (secondary N) is 2. The number of rotatable bonds is 5. The number of imidazole rings is 1. The van der Waals surface area contributed by atoms with Gasteiger partial charge in [-0.2, -0.15) is 0 Å². The molecule has 8 heteroatoms. The molecular weight excluding hydrogens is 375 g/mol. The van der Waals surface area contributed by atoms with Crippen LogP contribution in [-0.2, 0) is 11.2 Å². The molecule has 3 aromatic carbocycles. The highest BCUT2D eigenvalue weighted by Crippen LogP contribution is 2.24. The monoisotopic (exact) mass is 390 g/mol. The molecule has 4 rings (SSSR count). The van der Waals surface area contributed by atoms with Gasteiger partial charge in [-0.1, -0.05) is 30.3 Å². The van der Waals surface area contributed by atoms with Crippen molar-refractivity contribution in [2.45, 2.75) is 6.42 Å². The fourth-order valence-corrected chi connectivity index (χ4v) is 3.08. The van der Waals surface area contributed by atoms with E-state index in [0.717, 1.165) is 0 Å². The van der Waals surface area contributed by atoms with Gasteiger partial charge in [-0.3, -0.25) is 14.9 Å². The van der Waals surface area contributed by atoms with Gasteiger partial charge < -0.3 is 10.3 Å². The summed E-state index contributed by atoms with van der Waals surface area (Å²) >= 11 is 0. The van der Waals surface area contributed by atoms with Gasteiger partial charge in [0.05, 0.1) is 22.4 Å². The third-order valence-electron chi connectivity index (χ3n) is 4.40. The topological polar surface area (TPSA) is 101 Å². The molecule has 1 amide bonds. The number of halogens is 1. The molecule has 4 aromatic rings. The summed E-state index contributed by atoms with van der Waals surface area (Å²) in [7, 11) is 0. The predicted octanol–water partition coefficient (Wildman–Crippen LogP) is 4.46. The van der Waals surface area contributed by atoms with Crippen LogP contribution in [0.25, 0.3) is 22.4 Å². The van der Waals surface area contributed by atoms with Crippen molar-refractivity contribution >= 4 is 28.3 Å². The van der Waals surface area contributed by atoms with Crippen molar-refractivity contribution in [3.05, 3.63) is 88.2 Å². The largest absolute Gasteiger partial charge is 0.338 e. The van der Waals surface area contributed by atoms with Crippen LogP contribution in [0.2, 0.25) is 0 Å². The van der Waals surface area contributed by atoms with Gasteiger partial charge in [0, 0.05) is 22.9 Å². The Morgan fingerprint density at radius 1 is 1.10 bits per heavy atom. The number of nitro benzene ring substituents is 1. The Balaban J connectivity index is 1.54. The van der Waals surface area contributed by atoms with Gasteiger partial charge in [0.15, 0.2) is 0 Å². The number of H-pyrrole nitrogens is 1. The fourth-order valence-electron chi connectivity index (χ4n) is 3.08. The van der Waals surface area contributed by atoms with Gasteiger partial charge in [-0.25, -0.2) is 9.37 Å². The van der Waals surface area contributed by atoms with E-state index in [2.05, 4.69) is 15.3 Å². The lowest BCUT2D eigenvalue weighted by Crippen LogP contribution is -2.15. The van der Waals surface area contributed by atoms with E-state index in [0.29, 0.717) is 33.7 Å². The number of nitrogens with zero attached hydrogens (tertiary/aromatic N) is 2. The van der Waals surface area contributed by atoms with Crippen LogP contribution >= 0.6 is 0 Å². The van der Waals surface area contributed by atoms with E-state index in [1.807, 2.05) is 0 Å². The lowest BCUT2D eigenvalue weighted by molar-refractivity contribution is -0.385. The Kier molecular flexibility index (Phi) is 4.74. The van der Waals surface area contributed by atoms with Crippen LogP contribution in [0, 0.1) is 15.9 Å². The van der Waals surface area contributed by atoms with Crippen LogP contribution in [0.4, 0.5) is 15.8 Å². The number of para-hydroxylation sites is 1. The molecular formula is C21H15FN4O3. The van der Waals surface area contributed by atoms with Gasteiger partial charge in [0.25, 0.3) is 5.69 Å². The number of aromatic nitrogens is 2. The Hall–Kier alpha value is -4.07. The number of anilines is 1. The molecule has 1 heterocycles. The number of fused-ring (bicyclic) bond motifs is 1. The molecule has 0 saturated carbocycles. The summed E-state index contributed by atoms with van der Waals surface area (Å²) in [4.78, 5) is 30.5. The summed E-state index contributed by atoms with van der Waals surface area (Å²) in [6, 6.07) is 17.4. The van der Waals surface area contributed by atoms with Gasteiger partial charge in [0.1, 0.15) is 11.6 Å². The first-order chi connectivity index (χ1) is 14.0. The maximum atomic E-state index is 13.4. The number of aromatic amines is 1. The van der Waals surface area contributed by atoms with Crippen LogP contribution in [0.15, 0.2) is 66.7 Å². The second-order valence-corrected chi connectivity index (χ2v) is 6.44. The zero-order valence-electron chi connectivity index (χ0n) is 15.1. The normalized spacial score (nSPS) is 10.8. The number of hydrogen-bond donors (Lipinski definition) is 2. The predicted molar refractivity (Wildman–Crippen MR) is 107 cm³/mol. The number of amides is 1.